The Labute approximate surface area is 351 Å². The molecular formula is C58H43NO. The van der Waals surface area contributed by atoms with E-state index in [-0.39, 0.29) is 11.5 Å². The maximum Gasteiger partial charge on any atom is 0.136 e. The monoisotopic (exact) mass is 769 g/mol. The van der Waals surface area contributed by atoms with E-state index in [0.717, 1.165) is 45.2 Å². The molecule has 0 saturated heterocycles. The van der Waals surface area contributed by atoms with Gasteiger partial charge in [0, 0.05) is 33.1 Å². The van der Waals surface area contributed by atoms with Crippen molar-refractivity contribution in [3.05, 3.63) is 245 Å². The first-order valence-electron chi connectivity index (χ1n) is 21.2. The lowest BCUT2D eigenvalue weighted by Crippen LogP contribution is -2.40. The van der Waals surface area contributed by atoms with Crippen molar-refractivity contribution in [3.63, 3.8) is 0 Å². The fourth-order valence-corrected chi connectivity index (χ4v) is 11.0. The van der Waals surface area contributed by atoms with E-state index in [1.807, 2.05) is 12.1 Å². The first-order valence-corrected chi connectivity index (χ1v) is 21.2. The van der Waals surface area contributed by atoms with Crippen LogP contribution in [0.3, 0.4) is 0 Å². The van der Waals surface area contributed by atoms with Crippen LogP contribution in [0, 0.1) is 0 Å². The molecule has 0 N–H and O–H groups in total. The molecule has 0 aliphatic heterocycles. The first-order chi connectivity index (χ1) is 29.5. The van der Waals surface area contributed by atoms with Gasteiger partial charge in [-0.25, -0.2) is 0 Å². The maximum absolute atomic E-state index is 6.31. The minimum atomic E-state index is -0.460. The molecule has 9 aromatic rings. The van der Waals surface area contributed by atoms with E-state index in [1.54, 1.807) is 0 Å². The minimum Gasteiger partial charge on any atom is -0.456 e. The van der Waals surface area contributed by atoms with Gasteiger partial charge in [0.2, 0.25) is 0 Å². The topological polar surface area (TPSA) is 16.4 Å². The number of fused-ring (bicyclic) bond motifs is 12. The molecule has 1 atom stereocenters. The van der Waals surface area contributed by atoms with Crippen LogP contribution in [0.25, 0.3) is 49.8 Å². The van der Waals surface area contributed by atoms with Crippen molar-refractivity contribution in [3.8, 4) is 22.3 Å². The van der Waals surface area contributed by atoms with Crippen LogP contribution in [0.5, 0.6) is 0 Å². The van der Waals surface area contributed by atoms with E-state index in [1.165, 1.54) is 61.3 Å². The van der Waals surface area contributed by atoms with Gasteiger partial charge in [0.1, 0.15) is 11.2 Å². The maximum atomic E-state index is 6.31. The quantitative estimate of drug-likeness (QED) is 0.173. The summed E-state index contributed by atoms with van der Waals surface area (Å²) >= 11 is 0. The Balaban J connectivity index is 1.05. The third-order valence-electron chi connectivity index (χ3n) is 13.7. The summed E-state index contributed by atoms with van der Waals surface area (Å²) in [6.45, 7) is 4.78. The fourth-order valence-electron chi connectivity index (χ4n) is 11.0. The Bertz CT molecular complexity index is 3170. The summed E-state index contributed by atoms with van der Waals surface area (Å²) in [7, 11) is 0. The Morgan fingerprint density at radius 2 is 1.12 bits per heavy atom. The standard InChI is InChI=1S/C58H43NO/c1-57(2)48-20-9-11-22-50(48)58(51-23-12-10-21-49(51)57)47-19-8-6-18-46(47)56-52(58)24-14-25-53(56)59(42-32-27-39(28-33-42)38-15-4-3-5-16-38)43-34-29-40(30-35-43)41-31-36-45-44-17-7-13-26-54(44)60-55(45)37-41/h3-32,34-37,42H,33H2,1-2H3. The third-order valence-corrected chi connectivity index (χ3v) is 13.7. The molecule has 8 aromatic carbocycles. The van der Waals surface area contributed by atoms with Crippen molar-refractivity contribution in [2.24, 2.45) is 0 Å². The number of para-hydroxylation sites is 1. The normalized spacial score (nSPS) is 16.6. The van der Waals surface area contributed by atoms with Gasteiger partial charge in [-0.2, -0.15) is 0 Å². The highest BCUT2D eigenvalue weighted by Crippen LogP contribution is 2.63. The lowest BCUT2D eigenvalue weighted by molar-refractivity contribution is 0.563. The molecule has 2 heteroatoms. The number of rotatable bonds is 5. The number of hydrogen-bond acceptors (Lipinski definition) is 2. The second kappa shape index (κ2) is 13.2. The molecule has 2 nitrogen and oxygen atoms in total. The SMILES string of the molecule is CC1(C)c2ccccc2C2(c3ccccc3-c3c(N(c4ccc(-c5ccc6c(c5)oc5ccccc56)cc4)C4C=CC(c5ccccc5)=CC4)cccc32)c2ccccc21. The van der Waals surface area contributed by atoms with Crippen LogP contribution < -0.4 is 4.90 Å². The molecule has 1 spiro atoms. The van der Waals surface area contributed by atoms with Crippen LogP contribution in [0.2, 0.25) is 0 Å². The zero-order chi connectivity index (χ0) is 40.0. The number of hydrogen-bond donors (Lipinski definition) is 0. The molecule has 60 heavy (non-hydrogen) atoms. The van der Waals surface area contributed by atoms with Gasteiger partial charge < -0.3 is 9.32 Å². The van der Waals surface area contributed by atoms with E-state index in [0.29, 0.717) is 0 Å². The average molecular weight is 770 g/mol. The van der Waals surface area contributed by atoms with Crippen molar-refractivity contribution >= 4 is 38.9 Å². The molecule has 1 aromatic heterocycles. The number of allylic oxidation sites excluding steroid dienone is 2. The molecule has 286 valence electrons. The predicted molar refractivity (Wildman–Crippen MR) is 249 cm³/mol. The Morgan fingerprint density at radius 3 is 1.85 bits per heavy atom. The third kappa shape index (κ3) is 4.94. The molecule has 12 rings (SSSR count). The van der Waals surface area contributed by atoms with E-state index in [4.69, 9.17) is 4.42 Å². The van der Waals surface area contributed by atoms with Gasteiger partial charge in [-0.15, -0.1) is 0 Å². The summed E-state index contributed by atoms with van der Waals surface area (Å²) in [6, 6.07) is 69.6. The van der Waals surface area contributed by atoms with Gasteiger partial charge in [-0.05, 0) is 104 Å². The predicted octanol–water partition coefficient (Wildman–Crippen LogP) is 14.8. The molecule has 0 fully saturated rings. The number of benzene rings is 8. The Hall–Kier alpha value is -7.16. The minimum absolute atomic E-state index is 0.0929. The van der Waals surface area contributed by atoms with Gasteiger partial charge in [0.25, 0.3) is 0 Å². The average Bonchev–Trinajstić information content (AvgIpc) is 3.83. The second-order valence-corrected chi connectivity index (χ2v) is 17.1. The Kier molecular flexibility index (Phi) is 7.65. The van der Waals surface area contributed by atoms with Crippen molar-refractivity contribution < 1.29 is 4.42 Å². The highest BCUT2D eigenvalue weighted by molar-refractivity contribution is 6.06. The molecule has 0 bridgehead atoms. The fraction of sp³-hybridized carbons (Fsp3) is 0.103. The van der Waals surface area contributed by atoms with Crippen molar-refractivity contribution in [1.82, 2.24) is 0 Å². The molecule has 0 saturated carbocycles. The summed E-state index contributed by atoms with van der Waals surface area (Å²) in [5, 5.41) is 2.30. The lowest BCUT2D eigenvalue weighted by Gasteiger charge is -2.46. The summed E-state index contributed by atoms with van der Waals surface area (Å²) in [5.41, 5.74) is 19.3. The van der Waals surface area contributed by atoms with Gasteiger partial charge in [0.05, 0.1) is 11.5 Å². The van der Waals surface area contributed by atoms with Crippen LogP contribution in [-0.2, 0) is 10.8 Å². The zero-order valence-corrected chi connectivity index (χ0v) is 33.8. The van der Waals surface area contributed by atoms with E-state index in [2.05, 4.69) is 213 Å². The van der Waals surface area contributed by atoms with Gasteiger partial charge >= 0.3 is 0 Å². The molecule has 1 unspecified atom stereocenters. The zero-order valence-electron chi connectivity index (χ0n) is 33.8. The van der Waals surface area contributed by atoms with Gasteiger partial charge in [-0.3, -0.25) is 0 Å². The van der Waals surface area contributed by atoms with Gasteiger partial charge in [-0.1, -0.05) is 184 Å². The molecule has 0 radical (unpaired) electrons. The van der Waals surface area contributed by atoms with Crippen molar-refractivity contribution in [2.45, 2.75) is 37.1 Å². The highest BCUT2D eigenvalue weighted by Gasteiger charge is 2.54. The largest absolute Gasteiger partial charge is 0.456 e. The number of nitrogens with zero attached hydrogens (tertiary/aromatic N) is 1. The van der Waals surface area contributed by atoms with E-state index < -0.39 is 5.41 Å². The smallest absolute Gasteiger partial charge is 0.136 e. The van der Waals surface area contributed by atoms with Crippen molar-refractivity contribution in [2.75, 3.05) is 4.90 Å². The highest BCUT2D eigenvalue weighted by atomic mass is 16.3. The lowest BCUT2D eigenvalue weighted by atomic mass is 9.55. The molecule has 0 amide bonds. The second-order valence-electron chi connectivity index (χ2n) is 17.1. The molecule has 1 heterocycles. The summed E-state index contributed by atoms with van der Waals surface area (Å²) in [6.07, 6.45) is 8.02. The van der Waals surface area contributed by atoms with Crippen LogP contribution in [-0.4, -0.2) is 6.04 Å². The molecular weight excluding hydrogens is 727 g/mol. The summed E-state index contributed by atoms with van der Waals surface area (Å²) in [4.78, 5) is 2.60. The van der Waals surface area contributed by atoms with E-state index >= 15 is 0 Å². The van der Waals surface area contributed by atoms with Crippen molar-refractivity contribution in [1.29, 1.82) is 0 Å². The van der Waals surface area contributed by atoms with Crippen LogP contribution in [0.4, 0.5) is 11.4 Å². The first kappa shape index (κ1) is 34.8. The van der Waals surface area contributed by atoms with E-state index in [9.17, 15) is 0 Å². The summed E-state index contributed by atoms with van der Waals surface area (Å²) < 4.78 is 6.31. The van der Waals surface area contributed by atoms with Crippen LogP contribution in [0.1, 0.15) is 59.2 Å². The number of furan rings is 1. The number of anilines is 2. The van der Waals surface area contributed by atoms with Crippen LogP contribution in [0.15, 0.2) is 211 Å². The molecule has 3 aliphatic carbocycles. The molecule has 3 aliphatic rings. The Morgan fingerprint density at radius 1 is 0.500 bits per heavy atom. The van der Waals surface area contributed by atoms with Crippen LogP contribution >= 0.6 is 0 Å². The van der Waals surface area contributed by atoms with Gasteiger partial charge in [0.15, 0.2) is 0 Å². The summed E-state index contributed by atoms with van der Waals surface area (Å²) in [5.74, 6) is 0.